The molecule has 18 heavy (non-hydrogen) atoms. The lowest BCUT2D eigenvalue weighted by atomic mass is 9.85. The fraction of sp³-hybridized carbons (Fsp3) is 0.714. The molecule has 0 spiro atoms. The molecule has 0 amide bonds. The van der Waals surface area contributed by atoms with Gasteiger partial charge in [0, 0.05) is 19.7 Å². The highest BCUT2D eigenvalue weighted by atomic mass is 15.1. The number of hydrogen-bond acceptors (Lipinski definition) is 4. The first kappa shape index (κ1) is 14.7. The molecule has 0 aliphatic heterocycles. The number of hydrogen-bond donors (Lipinski definition) is 2. The Kier molecular flexibility index (Phi) is 5.38. The highest BCUT2D eigenvalue weighted by Crippen LogP contribution is 2.21. The maximum absolute atomic E-state index is 4.41. The van der Waals surface area contributed by atoms with Crippen LogP contribution in [-0.4, -0.2) is 23.6 Å². The van der Waals surface area contributed by atoms with E-state index in [-0.39, 0.29) is 0 Å². The summed E-state index contributed by atoms with van der Waals surface area (Å²) in [5, 5.41) is 6.48. The third-order valence-electron chi connectivity index (χ3n) is 3.33. The number of nitrogens with one attached hydrogen (secondary N) is 2. The molecular weight excluding hydrogens is 224 g/mol. The summed E-state index contributed by atoms with van der Waals surface area (Å²) in [7, 11) is 1.87. The van der Waals surface area contributed by atoms with E-state index in [9.17, 15) is 0 Å². The average molecular weight is 250 g/mol. The third kappa shape index (κ3) is 4.17. The van der Waals surface area contributed by atoms with E-state index in [0.717, 1.165) is 24.0 Å². The van der Waals surface area contributed by atoms with Gasteiger partial charge in [-0.2, -0.15) is 0 Å². The monoisotopic (exact) mass is 250 g/mol. The van der Waals surface area contributed by atoms with Crippen LogP contribution in [0.25, 0.3) is 0 Å². The first-order valence-electron chi connectivity index (χ1n) is 6.71. The van der Waals surface area contributed by atoms with Gasteiger partial charge in [-0.25, -0.2) is 9.97 Å². The second-order valence-corrected chi connectivity index (χ2v) is 5.47. The summed E-state index contributed by atoms with van der Waals surface area (Å²) in [4.78, 5) is 8.70. The average Bonchev–Trinajstić information content (AvgIpc) is 2.27. The Morgan fingerprint density at radius 1 is 1.06 bits per heavy atom. The quantitative estimate of drug-likeness (QED) is 0.814. The molecule has 0 aliphatic rings. The summed E-state index contributed by atoms with van der Waals surface area (Å²) in [6, 6.07) is 1.95. The van der Waals surface area contributed by atoms with E-state index in [1.165, 1.54) is 0 Å². The number of rotatable bonds is 6. The van der Waals surface area contributed by atoms with Crippen LogP contribution < -0.4 is 10.6 Å². The molecule has 1 heterocycles. The van der Waals surface area contributed by atoms with Crippen LogP contribution in [0.1, 0.15) is 33.5 Å². The van der Waals surface area contributed by atoms with Crippen LogP contribution in [0.4, 0.5) is 11.6 Å². The summed E-state index contributed by atoms with van der Waals surface area (Å²) in [6.07, 6.45) is 0. The van der Waals surface area contributed by atoms with Crippen LogP contribution in [0.3, 0.4) is 0 Å². The lowest BCUT2D eigenvalue weighted by Gasteiger charge is -2.25. The van der Waals surface area contributed by atoms with Crippen molar-refractivity contribution in [3.8, 4) is 0 Å². The minimum atomic E-state index is 0.651. The minimum Gasteiger partial charge on any atom is -0.373 e. The highest BCUT2D eigenvalue weighted by Gasteiger charge is 2.17. The summed E-state index contributed by atoms with van der Waals surface area (Å²) in [5.74, 6) is 4.54. The normalized spacial score (nSPS) is 11.4. The molecule has 0 atom stereocenters. The van der Waals surface area contributed by atoms with Crippen LogP contribution in [0.15, 0.2) is 6.07 Å². The van der Waals surface area contributed by atoms with E-state index in [2.05, 4.69) is 48.3 Å². The Morgan fingerprint density at radius 3 is 2.11 bits per heavy atom. The molecule has 2 N–H and O–H groups in total. The van der Waals surface area contributed by atoms with Crippen molar-refractivity contribution in [1.82, 2.24) is 9.97 Å². The molecule has 1 aromatic rings. The predicted molar refractivity (Wildman–Crippen MR) is 78.0 cm³/mol. The largest absolute Gasteiger partial charge is 0.373 e. The molecule has 1 aromatic heterocycles. The second kappa shape index (κ2) is 6.57. The molecule has 0 aliphatic carbocycles. The number of aromatic nitrogens is 2. The number of anilines is 2. The summed E-state index contributed by atoms with van der Waals surface area (Å²) >= 11 is 0. The molecular formula is C14H26N4. The Labute approximate surface area is 111 Å². The summed E-state index contributed by atoms with van der Waals surface area (Å²) in [6.45, 7) is 12.0. The van der Waals surface area contributed by atoms with Gasteiger partial charge in [0.15, 0.2) is 0 Å². The van der Waals surface area contributed by atoms with Crippen molar-refractivity contribution in [2.45, 2.75) is 34.6 Å². The van der Waals surface area contributed by atoms with Gasteiger partial charge in [-0.15, -0.1) is 0 Å². The zero-order valence-electron chi connectivity index (χ0n) is 12.4. The van der Waals surface area contributed by atoms with E-state index in [1.807, 2.05) is 20.0 Å². The molecule has 0 fully saturated rings. The second-order valence-electron chi connectivity index (χ2n) is 5.47. The maximum Gasteiger partial charge on any atom is 0.131 e. The van der Waals surface area contributed by atoms with Crippen LogP contribution in [-0.2, 0) is 0 Å². The molecule has 4 heteroatoms. The van der Waals surface area contributed by atoms with Gasteiger partial charge in [-0.1, -0.05) is 27.7 Å². The number of nitrogens with zero attached hydrogens (tertiary/aromatic N) is 2. The Balaban J connectivity index is 2.70. The molecule has 0 saturated carbocycles. The van der Waals surface area contributed by atoms with Crippen LogP contribution >= 0.6 is 0 Å². The predicted octanol–water partition coefficient (Wildman–Crippen LogP) is 3.17. The minimum absolute atomic E-state index is 0.651. The molecule has 0 bridgehead atoms. The molecule has 0 unspecified atom stereocenters. The summed E-state index contributed by atoms with van der Waals surface area (Å²) in [5.41, 5.74) is 0. The van der Waals surface area contributed by atoms with Gasteiger partial charge in [-0.05, 0) is 24.7 Å². The van der Waals surface area contributed by atoms with Gasteiger partial charge >= 0.3 is 0 Å². The Bertz CT molecular complexity index is 366. The van der Waals surface area contributed by atoms with Crippen molar-refractivity contribution in [3.63, 3.8) is 0 Å². The SMILES string of the molecule is CNc1cc(NCC(C(C)C)C(C)C)nc(C)n1. The van der Waals surface area contributed by atoms with Crippen molar-refractivity contribution in [2.24, 2.45) is 17.8 Å². The van der Waals surface area contributed by atoms with Crippen molar-refractivity contribution in [3.05, 3.63) is 11.9 Å². The number of aryl methyl sites for hydroxylation is 1. The van der Waals surface area contributed by atoms with E-state index in [0.29, 0.717) is 17.8 Å². The molecule has 102 valence electrons. The van der Waals surface area contributed by atoms with E-state index >= 15 is 0 Å². The van der Waals surface area contributed by atoms with Crippen LogP contribution in [0, 0.1) is 24.7 Å². The first-order valence-corrected chi connectivity index (χ1v) is 6.71. The van der Waals surface area contributed by atoms with Gasteiger partial charge in [0.2, 0.25) is 0 Å². The zero-order chi connectivity index (χ0) is 13.7. The summed E-state index contributed by atoms with van der Waals surface area (Å²) < 4.78 is 0. The van der Waals surface area contributed by atoms with Crippen LogP contribution in [0.5, 0.6) is 0 Å². The van der Waals surface area contributed by atoms with Gasteiger partial charge in [0.25, 0.3) is 0 Å². The van der Waals surface area contributed by atoms with Gasteiger partial charge in [-0.3, -0.25) is 0 Å². The topological polar surface area (TPSA) is 49.8 Å². The van der Waals surface area contributed by atoms with Crippen molar-refractivity contribution < 1.29 is 0 Å². The molecule has 1 rings (SSSR count). The Morgan fingerprint density at radius 2 is 1.61 bits per heavy atom. The van der Waals surface area contributed by atoms with Gasteiger partial charge in [0.1, 0.15) is 17.5 Å². The third-order valence-corrected chi connectivity index (χ3v) is 3.33. The molecule has 0 saturated heterocycles. The fourth-order valence-corrected chi connectivity index (χ4v) is 2.25. The van der Waals surface area contributed by atoms with Crippen molar-refractivity contribution >= 4 is 11.6 Å². The zero-order valence-corrected chi connectivity index (χ0v) is 12.4. The smallest absolute Gasteiger partial charge is 0.131 e. The molecule has 0 aromatic carbocycles. The maximum atomic E-state index is 4.41. The van der Waals surface area contributed by atoms with Crippen molar-refractivity contribution in [1.29, 1.82) is 0 Å². The Hall–Kier alpha value is -1.32. The lowest BCUT2D eigenvalue weighted by Crippen LogP contribution is -2.25. The van der Waals surface area contributed by atoms with E-state index in [1.54, 1.807) is 0 Å². The standard InChI is InChI=1S/C14H26N4/c1-9(2)12(10(3)4)8-16-14-7-13(15-6)17-11(5)18-14/h7,9-10,12H,8H2,1-6H3,(H2,15,16,17,18). The van der Waals surface area contributed by atoms with Crippen LogP contribution in [0.2, 0.25) is 0 Å². The van der Waals surface area contributed by atoms with E-state index < -0.39 is 0 Å². The fourth-order valence-electron chi connectivity index (χ4n) is 2.25. The lowest BCUT2D eigenvalue weighted by molar-refractivity contribution is 0.304. The van der Waals surface area contributed by atoms with Gasteiger partial charge < -0.3 is 10.6 Å². The molecule has 4 nitrogen and oxygen atoms in total. The molecule has 0 radical (unpaired) electrons. The van der Waals surface area contributed by atoms with Crippen molar-refractivity contribution in [2.75, 3.05) is 24.2 Å². The first-order chi connectivity index (χ1) is 8.43. The van der Waals surface area contributed by atoms with E-state index in [4.69, 9.17) is 0 Å². The van der Waals surface area contributed by atoms with Gasteiger partial charge in [0.05, 0.1) is 0 Å². The highest BCUT2D eigenvalue weighted by molar-refractivity contribution is 5.47.